The van der Waals surface area contributed by atoms with Gasteiger partial charge in [0.25, 0.3) is 0 Å². The van der Waals surface area contributed by atoms with Crippen LogP contribution in [-0.4, -0.2) is 31.8 Å². The Labute approximate surface area is 116 Å². The Morgan fingerprint density at radius 3 is 2.83 bits per heavy atom. The van der Waals surface area contributed by atoms with Gasteiger partial charge in [0.15, 0.2) is 6.29 Å². The molecule has 1 aromatic carbocycles. The molecule has 98 valence electrons. The van der Waals surface area contributed by atoms with E-state index < -0.39 is 0 Å². The first kappa shape index (κ1) is 13.5. The van der Waals surface area contributed by atoms with Crippen LogP contribution >= 0.6 is 15.9 Å². The number of hydrogen-bond donors (Lipinski definition) is 1. The van der Waals surface area contributed by atoms with E-state index in [-0.39, 0.29) is 6.29 Å². The van der Waals surface area contributed by atoms with E-state index in [1.807, 2.05) is 18.2 Å². The van der Waals surface area contributed by atoms with E-state index in [1.54, 1.807) is 0 Å². The summed E-state index contributed by atoms with van der Waals surface area (Å²) in [6.07, 6.45) is 0.801. The normalized spacial score (nSPS) is 15.8. The van der Waals surface area contributed by atoms with Crippen LogP contribution in [0.5, 0.6) is 0 Å². The summed E-state index contributed by atoms with van der Waals surface area (Å²) in [4.78, 5) is 4.05. The summed E-state index contributed by atoms with van der Waals surface area (Å²) in [5, 5.41) is 4.32. The van der Waals surface area contributed by atoms with Crippen molar-refractivity contribution in [3.63, 3.8) is 0 Å². The summed E-state index contributed by atoms with van der Waals surface area (Å²) in [6, 6.07) is 5.96. The van der Waals surface area contributed by atoms with E-state index in [1.165, 1.54) is 0 Å². The van der Waals surface area contributed by atoms with Gasteiger partial charge in [0, 0.05) is 17.4 Å². The molecule has 0 unspecified atom stereocenters. The molecule has 0 saturated carbocycles. The second kappa shape index (κ2) is 6.87. The van der Waals surface area contributed by atoms with E-state index in [0.717, 1.165) is 35.2 Å². The quantitative estimate of drug-likeness (QED) is 0.498. The molecule has 4 nitrogen and oxygen atoms in total. The number of nitrogens with zero attached hydrogens (tertiary/aromatic N) is 1. The first-order valence-corrected chi connectivity index (χ1v) is 7.11. The SMILES string of the molecule is C=Nc1cc(C2OCCO2)ccc1NCCCBr. The van der Waals surface area contributed by atoms with Crippen molar-refractivity contribution in [2.45, 2.75) is 12.7 Å². The zero-order chi connectivity index (χ0) is 12.8. The van der Waals surface area contributed by atoms with Gasteiger partial charge in [-0.3, -0.25) is 4.99 Å². The lowest BCUT2D eigenvalue weighted by Gasteiger charge is -2.13. The second-order valence-electron chi connectivity index (χ2n) is 3.98. The van der Waals surface area contributed by atoms with Crippen LogP contribution in [0.1, 0.15) is 18.3 Å². The maximum Gasteiger partial charge on any atom is 0.184 e. The molecule has 0 atom stereocenters. The highest BCUT2D eigenvalue weighted by Gasteiger charge is 2.19. The number of hydrogen-bond acceptors (Lipinski definition) is 4. The van der Waals surface area contributed by atoms with Crippen molar-refractivity contribution < 1.29 is 9.47 Å². The lowest BCUT2D eigenvalue weighted by atomic mass is 10.1. The van der Waals surface area contributed by atoms with Crippen molar-refractivity contribution in [2.75, 3.05) is 30.4 Å². The smallest absolute Gasteiger partial charge is 0.184 e. The summed E-state index contributed by atoms with van der Waals surface area (Å²) in [5.41, 5.74) is 2.81. The van der Waals surface area contributed by atoms with Crippen LogP contribution in [0.2, 0.25) is 0 Å². The molecule has 0 radical (unpaired) electrons. The molecule has 18 heavy (non-hydrogen) atoms. The highest BCUT2D eigenvalue weighted by molar-refractivity contribution is 9.09. The topological polar surface area (TPSA) is 42.9 Å². The van der Waals surface area contributed by atoms with Gasteiger partial charge >= 0.3 is 0 Å². The van der Waals surface area contributed by atoms with Gasteiger partial charge in [-0.25, -0.2) is 0 Å². The Morgan fingerprint density at radius 1 is 1.39 bits per heavy atom. The van der Waals surface area contributed by atoms with Crippen molar-refractivity contribution in [1.82, 2.24) is 0 Å². The maximum atomic E-state index is 5.47. The van der Waals surface area contributed by atoms with Crippen molar-refractivity contribution >= 4 is 34.0 Å². The Hall–Kier alpha value is -0.910. The molecule has 1 aliphatic heterocycles. The van der Waals surface area contributed by atoms with Gasteiger partial charge in [-0.05, 0) is 25.3 Å². The minimum absolute atomic E-state index is 0.262. The largest absolute Gasteiger partial charge is 0.383 e. The first-order valence-electron chi connectivity index (χ1n) is 5.99. The molecule has 5 heteroatoms. The molecule has 1 saturated heterocycles. The molecule has 0 aliphatic carbocycles. The van der Waals surface area contributed by atoms with Crippen LogP contribution in [0, 0.1) is 0 Å². The minimum atomic E-state index is -0.262. The number of rotatable bonds is 6. The molecule has 0 spiro atoms. The van der Waals surface area contributed by atoms with Crippen LogP contribution in [0.15, 0.2) is 23.2 Å². The molecule has 0 amide bonds. The first-order chi connectivity index (χ1) is 8.85. The van der Waals surface area contributed by atoms with Crippen molar-refractivity contribution in [1.29, 1.82) is 0 Å². The number of aliphatic imine (C=N–C) groups is 1. The third kappa shape index (κ3) is 3.31. The van der Waals surface area contributed by atoms with E-state index in [2.05, 4.69) is 33.0 Å². The average Bonchev–Trinajstić information content (AvgIpc) is 2.93. The van der Waals surface area contributed by atoms with E-state index in [9.17, 15) is 0 Å². The molecule has 2 rings (SSSR count). The third-order valence-electron chi connectivity index (χ3n) is 2.71. The lowest BCUT2D eigenvalue weighted by Crippen LogP contribution is -2.03. The third-order valence-corrected chi connectivity index (χ3v) is 3.27. The molecule has 1 aromatic rings. The number of halogens is 1. The van der Waals surface area contributed by atoms with Gasteiger partial charge in [-0.1, -0.05) is 22.0 Å². The fourth-order valence-electron chi connectivity index (χ4n) is 1.82. The molecular formula is C13H17BrN2O2. The highest BCUT2D eigenvalue weighted by Crippen LogP contribution is 2.31. The zero-order valence-electron chi connectivity index (χ0n) is 10.2. The van der Waals surface area contributed by atoms with Crippen molar-refractivity contribution in [3.8, 4) is 0 Å². The number of ether oxygens (including phenoxy) is 2. The Bertz CT molecular complexity index is 406. The fourth-order valence-corrected chi connectivity index (χ4v) is 2.10. The zero-order valence-corrected chi connectivity index (χ0v) is 11.8. The van der Waals surface area contributed by atoms with E-state index in [4.69, 9.17) is 9.47 Å². The summed E-state index contributed by atoms with van der Waals surface area (Å²) < 4.78 is 10.9. The number of nitrogens with one attached hydrogen (secondary N) is 1. The van der Waals surface area contributed by atoms with Gasteiger partial charge in [0.2, 0.25) is 0 Å². The van der Waals surface area contributed by atoms with Gasteiger partial charge < -0.3 is 14.8 Å². The summed E-state index contributed by atoms with van der Waals surface area (Å²) in [7, 11) is 0. The molecule has 1 heterocycles. The number of anilines is 1. The molecule has 0 aromatic heterocycles. The van der Waals surface area contributed by atoms with Crippen LogP contribution in [0.25, 0.3) is 0 Å². The number of benzene rings is 1. The van der Waals surface area contributed by atoms with Crippen molar-refractivity contribution in [2.24, 2.45) is 4.99 Å². The molecule has 0 bridgehead atoms. The predicted molar refractivity (Wildman–Crippen MR) is 77.2 cm³/mol. The predicted octanol–water partition coefficient (Wildman–Crippen LogP) is 3.26. The monoisotopic (exact) mass is 312 g/mol. The molecule has 1 N–H and O–H groups in total. The Morgan fingerprint density at radius 2 is 2.17 bits per heavy atom. The van der Waals surface area contributed by atoms with Crippen LogP contribution < -0.4 is 5.32 Å². The van der Waals surface area contributed by atoms with Gasteiger partial charge in [-0.2, -0.15) is 0 Å². The van der Waals surface area contributed by atoms with Crippen molar-refractivity contribution in [3.05, 3.63) is 23.8 Å². The summed E-state index contributed by atoms with van der Waals surface area (Å²) in [5.74, 6) is 0. The van der Waals surface area contributed by atoms with Gasteiger partial charge in [0.05, 0.1) is 24.6 Å². The second-order valence-corrected chi connectivity index (χ2v) is 4.77. The molecule has 1 fully saturated rings. The fraction of sp³-hybridized carbons (Fsp3) is 0.462. The van der Waals surface area contributed by atoms with E-state index in [0.29, 0.717) is 13.2 Å². The summed E-state index contributed by atoms with van der Waals surface area (Å²) >= 11 is 3.41. The minimum Gasteiger partial charge on any atom is -0.383 e. The highest BCUT2D eigenvalue weighted by atomic mass is 79.9. The number of alkyl halides is 1. The van der Waals surface area contributed by atoms with Gasteiger partial charge in [0.1, 0.15) is 0 Å². The summed E-state index contributed by atoms with van der Waals surface area (Å²) in [6.45, 7) is 5.80. The standard InChI is InChI=1S/C13H17BrN2O2/c1-15-12-9-10(13-17-7-8-18-13)3-4-11(12)16-6-2-5-14/h3-4,9,13,16H,1-2,5-8H2. The maximum absolute atomic E-state index is 5.47. The van der Waals surface area contributed by atoms with Crippen LogP contribution in [-0.2, 0) is 9.47 Å². The Balaban J connectivity index is 2.09. The van der Waals surface area contributed by atoms with E-state index >= 15 is 0 Å². The Kier molecular flexibility index (Phi) is 5.16. The average molecular weight is 313 g/mol. The molecule has 1 aliphatic rings. The van der Waals surface area contributed by atoms with Crippen LogP contribution in [0.3, 0.4) is 0 Å². The lowest BCUT2D eigenvalue weighted by molar-refractivity contribution is -0.0440. The van der Waals surface area contributed by atoms with Crippen LogP contribution in [0.4, 0.5) is 11.4 Å². The molecular weight excluding hydrogens is 296 g/mol. The van der Waals surface area contributed by atoms with Gasteiger partial charge in [-0.15, -0.1) is 0 Å².